The maximum absolute atomic E-state index is 15.1. The second kappa shape index (κ2) is 9.94. The van der Waals surface area contributed by atoms with E-state index in [1.54, 1.807) is 45.0 Å². The Morgan fingerprint density at radius 2 is 1.89 bits per heavy atom. The SMILES string of the molecule is CC1(NC(=O)c2cc3c(cc2F)SC[C@H](NC(=O)OC(C)(C)C)C(=O)N3Cc2ccc(Cl)cc2)CC1. The van der Waals surface area contributed by atoms with E-state index in [0.29, 0.717) is 15.6 Å². The number of ether oxygens (including phenoxy) is 1. The monoisotopic (exact) mass is 533 g/mol. The largest absolute Gasteiger partial charge is 0.444 e. The lowest BCUT2D eigenvalue weighted by Gasteiger charge is -2.27. The molecular formula is C26H29ClFN3O4S. The van der Waals surface area contributed by atoms with Crippen molar-refractivity contribution in [1.29, 1.82) is 0 Å². The fourth-order valence-electron chi connectivity index (χ4n) is 3.74. The van der Waals surface area contributed by atoms with Crippen LogP contribution in [0.5, 0.6) is 0 Å². The topological polar surface area (TPSA) is 87.7 Å². The highest BCUT2D eigenvalue weighted by Crippen LogP contribution is 2.39. The number of hydrogen-bond donors (Lipinski definition) is 2. The van der Waals surface area contributed by atoms with Gasteiger partial charge in [-0.25, -0.2) is 9.18 Å². The highest BCUT2D eigenvalue weighted by molar-refractivity contribution is 7.99. The van der Waals surface area contributed by atoms with E-state index in [9.17, 15) is 14.4 Å². The minimum atomic E-state index is -0.921. The number of anilines is 1. The van der Waals surface area contributed by atoms with Gasteiger partial charge in [-0.15, -0.1) is 11.8 Å². The summed E-state index contributed by atoms with van der Waals surface area (Å²) in [5, 5.41) is 6.07. The number of rotatable bonds is 5. The number of nitrogens with one attached hydrogen (secondary N) is 2. The zero-order valence-electron chi connectivity index (χ0n) is 20.6. The first-order valence-corrected chi connectivity index (χ1v) is 13.0. The summed E-state index contributed by atoms with van der Waals surface area (Å²) < 4.78 is 20.4. The van der Waals surface area contributed by atoms with Crippen LogP contribution in [0, 0.1) is 5.82 Å². The molecule has 0 saturated heterocycles. The zero-order chi connectivity index (χ0) is 26.3. The molecule has 7 nitrogen and oxygen atoms in total. The van der Waals surface area contributed by atoms with E-state index in [1.165, 1.54) is 28.8 Å². The van der Waals surface area contributed by atoms with E-state index in [1.807, 2.05) is 6.92 Å². The van der Waals surface area contributed by atoms with Gasteiger partial charge in [-0.2, -0.15) is 0 Å². The summed E-state index contributed by atoms with van der Waals surface area (Å²) >= 11 is 7.26. The summed E-state index contributed by atoms with van der Waals surface area (Å²) in [4.78, 5) is 41.0. The molecular weight excluding hydrogens is 505 g/mol. The van der Waals surface area contributed by atoms with Crippen LogP contribution in [-0.2, 0) is 16.1 Å². The first-order chi connectivity index (χ1) is 16.8. The number of amides is 3. The van der Waals surface area contributed by atoms with Gasteiger partial charge in [-0.3, -0.25) is 9.59 Å². The molecule has 36 heavy (non-hydrogen) atoms. The van der Waals surface area contributed by atoms with E-state index >= 15 is 4.39 Å². The Bertz CT molecular complexity index is 1190. The Balaban J connectivity index is 1.69. The minimum absolute atomic E-state index is 0.130. The number of thioether (sulfide) groups is 1. The molecule has 1 aliphatic heterocycles. The Kier molecular flexibility index (Phi) is 7.26. The highest BCUT2D eigenvalue weighted by atomic mass is 35.5. The molecule has 10 heteroatoms. The van der Waals surface area contributed by atoms with Crippen LogP contribution in [0.15, 0.2) is 41.3 Å². The molecule has 192 valence electrons. The van der Waals surface area contributed by atoms with Crippen molar-refractivity contribution in [1.82, 2.24) is 10.6 Å². The molecule has 2 aromatic carbocycles. The third kappa shape index (κ3) is 6.31. The lowest BCUT2D eigenvalue weighted by atomic mass is 10.1. The lowest BCUT2D eigenvalue weighted by molar-refractivity contribution is -0.120. The van der Waals surface area contributed by atoms with Gasteiger partial charge in [0.2, 0.25) is 0 Å². The number of fused-ring (bicyclic) bond motifs is 1. The summed E-state index contributed by atoms with van der Waals surface area (Å²) in [6, 6.07) is 8.78. The summed E-state index contributed by atoms with van der Waals surface area (Å²) in [6.45, 7) is 7.24. The molecule has 2 aliphatic rings. The number of halogens is 2. The van der Waals surface area contributed by atoms with Crippen molar-refractivity contribution in [3.63, 3.8) is 0 Å². The number of carbonyl (C=O) groups is 3. The van der Waals surface area contributed by atoms with Crippen LogP contribution in [0.3, 0.4) is 0 Å². The Morgan fingerprint density at radius 3 is 2.50 bits per heavy atom. The van der Waals surface area contributed by atoms with Crippen LogP contribution in [0.25, 0.3) is 0 Å². The average molecular weight is 534 g/mol. The number of alkyl carbamates (subject to hydrolysis) is 1. The van der Waals surface area contributed by atoms with Gasteiger partial charge in [0, 0.05) is 21.2 Å². The Hall–Kier alpha value is -2.78. The molecule has 0 unspecified atom stereocenters. The van der Waals surface area contributed by atoms with Crippen molar-refractivity contribution in [3.05, 3.63) is 58.4 Å². The van der Waals surface area contributed by atoms with Crippen LogP contribution in [0.2, 0.25) is 5.02 Å². The zero-order valence-corrected chi connectivity index (χ0v) is 22.2. The number of benzene rings is 2. The van der Waals surface area contributed by atoms with Crippen molar-refractivity contribution < 1.29 is 23.5 Å². The van der Waals surface area contributed by atoms with E-state index < -0.39 is 35.4 Å². The molecule has 0 aromatic heterocycles. The number of nitrogens with zero attached hydrogens (tertiary/aromatic N) is 1. The molecule has 1 saturated carbocycles. The van der Waals surface area contributed by atoms with Crippen molar-refractivity contribution in [2.45, 2.75) is 69.2 Å². The van der Waals surface area contributed by atoms with E-state index in [0.717, 1.165) is 18.4 Å². The molecule has 1 aliphatic carbocycles. The van der Waals surface area contributed by atoms with Crippen molar-refractivity contribution in [2.75, 3.05) is 10.7 Å². The third-order valence-corrected chi connectivity index (χ3v) is 7.30. The summed E-state index contributed by atoms with van der Waals surface area (Å²) in [5.41, 5.74) is -0.00865. The van der Waals surface area contributed by atoms with E-state index in [2.05, 4.69) is 10.6 Å². The molecule has 1 fully saturated rings. The molecule has 4 rings (SSSR count). The van der Waals surface area contributed by atoms with Crippen LogP contribution >= 0.6 is 23.4 Å². The van der Waals surface area contributed by atoms with Gasteiger partial charge in [0.1, 0.15) is 17.5 Å². The maximum atomic E-state index is 15.1. The molecule has 2 N–H and O–H groups in total. The quantitative estimate of drug-likeness (QED) is 0.545. The predicted octanol–water partition coefficient (Wildman–Crippen LogP) is 5.29. The van der Waals surface area contributed by atoms with Gasteiger partial charge in [0.05, 0.1) is 17.8 Å². The second-order valence-corrected chi connectivity index (χ2v) is 11.9. The molecule has 0 bridgehead atoms. The first-order valence-electron chi connectivity index (χ1n) is 11.7. The van der Waals surface area contributed by atoms with Crippen molar-refractivity contribution in [2.24, 2.45) is 0 Å². The molecule has 2 aromatic rings. The van der Waals surface area contributed by atoms with E-state index in [4.69, 9.17) is 16.3 Å². The predicted molar refractivity (Wildman–Crippen MR) is 138 cm³/mol. The standard InChI is InChI=1S/C26H29ClFN3O4S/c1-25(2,3)35-24(34)29-19-14-36-21-12-18(28)17(22(32)30-26(4)9-10-26)11-20(21)31(23(19)33)13-15-5-7-16(27)8-6-15/h5-8,11-12,19H,9-10,13-14H2,1-4H3,(H,29,34)(H,30,32)/t19-/m0/s1. The van der Waals surface area contributed by atoms with Gasteiger partial charge < -0.3 is 20.3 Å². The molecule has 1 heterocycles. The highest BCUT2D eigenvalue weighted by Gasteiger charge is 2.40. The van der Waals surface area contributed by atoms with Crippen molar-refractivity contribution in [3.8, 4) is 0 Å². The smallest absolute Gasteiger partial charge is 0.408 e. The first kappa shape index (κ1) is 26.3. The van der Waals surface area contributed by atoms with Crippen molar-refractivity contribution >= 4 is 47.0 Å². The Labute approximate surface area is 219 Å². The number of hydrogen-bond acceptors (Lipinski definition) is 5. The van der Waals surface area contributed by atoms with Gasteiger partial charge >= 0.3 is 6.09 Å². The molecule has 3 amide bonds. The van der Waals surface area contributed by atoms with Crippen LogP contribution in [0.1, 0.15) is 56.5 Å². The Morgan fingerprint density at radius 1 is 1.22 bits per heavy atom. The van der Waals surface area contributed by atoms with Crippen LogP contribution < -0.4 is 15.5 Å². The van der Waals surface area contributed by atoms with Crippen LogP contribution in [0.4, 0.5) is 14.9 Å². The molecule has 1 atom stereocenters. The summed E-state index contributed by atoms with van der Waals surface area (Å²) in [6.07, 6.45) is 0.948. The van der Waals surface area contributed by atoms with E-state index in [-0.39, 0.29) is 23.4 Å². The third-order valence-electron chi connectivity index (χ3n) is 5.91. The van der Waals surface area contributed by atoms with Gasteiger partial charge in [0.15, 0.2) is 0 Å². The minimum Gasteiger partial charge on any atom is -0.444 e. The molecule has 0 radical (unpaired) electrons. The van der Waals surface area contributed by atoms with Gasteiger partial charge in [-0.05, 0) is 70.4 Å². The summed E-state index contributed by atoms with van der Waals surface area (Å²) in [7, 11) is 0. The van der Waals surface area contributed by atoms with Gasteiger partial charge in [0.25, 0.3) is 11.8 Å². The van der Waals surface area contributed by atoms with Crippen LogP contribution in [-0.4, -0.2) is 40.8 Å². The normalized spacial score (nSPS) is 18.7. The average Bonchev–Trinajstić information content (AvgIpc) is 3.52. The lowest BCUT2D eigenvalue weighted by Crippen LogP contribution is -2.50. The fraction of sp³-hybridized carbons (Fsp3) is 0.423. The maximum Gasteiger partial charge on any atom is 0.408 e. The summed E-state index contributed by atoms with van der Waals surface area (Å²) in [5.74, 6) is -1.41. The fourth-order valence-corrected chi connectivity index (χ4v) is 4.94. The molecule has 0 spiro atoms. The number of carbonyl (C=O) groups excluding carboxylic acids is 3. The van der Waals surface area contributed by atoms with Gasteiger partial charge in [-0.1, -0.05) is 23.7 Å². The second-order valence-electron chi connectivity index (χ2n) is 10.4.